The summed E-state index contributed by atoms with van der Waals surface area (Å²) < 4.78 is 15.6. The first-order valence-corrected chi connectivity index (χ1v) is 9.65. The minimum Gasteiger partial charge on any atom is -0.454 e. The molecule has 25 heavy (non-hydrogen) atoms. The Morgan fingerprint density at radius 3 is 2.96 bits per heavy atom. The van der Waals surface area contributed by atoms with Crippen molar-refractivity contribution in [1.29, 1.82) is 0 Å². The van der Waals surface area contributed by atoms with Gasteiger partial charge in [0.25, 0.3) is 5.91 Å². The molecule has 1 atom stereocenters. The highest BCUT2D eigenvalue weighted by Gasteiger charge is 2.19. The minimum atomic E-state index is -0.875. The lowest BCUT2D eigenvalue weighted by Crippen LogP contribution is -2.30. The molecule has 0 radical (unpaired) electrons. The molecule has 6 nitrogen and oxygen atoms in total. The second-order valence-electron chi connectivity index (χ2n) is 5.26. The Hall–Kier alpha value is -2.19. The van der Waals surface area contributed by atoms with E-state index in [1.165, 1.54) is 16.6 Å². The number of fused-ring (bicyclic) bond motifs is 1. The van der Waals surface area contributed by atoms with Crippen molar-refractivity contribution in [2.75, 3.05) is 17.9 Å². The molecule has 2 aromatic rings. The molecule has 8 heteroatoms. The number of hydrogen-bond donors (Lipinski definition) is 1. The van der Waals surface area contributed by atoms with Crippen molar-refractivity contribution in [3.63, 3.8) is 0 Å². The van der Waals surface area contributed by atoms with Gasteiger partial charge in [0.1, 0.15) is 0 Å². The van der Waals surface area contributed by atoms with Crippen LogP contribution in [-0.2, 0) is 20.1 Å². The lowest BCUT2D eigenvalue weighted by atomic mass is 10.2. The number of hydrogen-bond acceptors (Lipinski definition) is 7. The molecule has 0 spiro atoms. The van der Waals surface area contributed by atoms with Crippen LogP contribution in [0.3, 0.4) is 0 Å². The van der Waals surface area contributed by atoms with Crippen LogP contribution in [0.25, 0.3) is 0 Å². The summed E-state index contributed by atoms with van der Waals surface area (Å²) in [6.07, 6.45) is -0.875. The molecule has 2 heterocycles. The Morgan fingerprint density at radius 2 is 2.16 bits per heavy atom. The molecular weight excluding hydrogens is 362 g/mol. The summed E-state index contributed by atoms with van der Waals surface area (Å²) in [5, 5.41) is 4.70. The average molecular weight is 379 g/mol. The van der Waals surface area contributed by atoms with Crippen LogP contribution in [0, 0.1) is 0 Å². The maximum absolute atomic E-state index is 12.1. The van der Waals surface area contributed by atoms with E-state index in [9.17, 15) is 9.59 Å². The van der Waals surface area contributed by atoms with Gasteiger partial charge in [-0.25, -0.2) is 0 Å². The molecule has 0 unspecified atom stereocenters. The molecule has 1 aromatic heterocycles. The van der Waals surface area contributed by atoms with E-state index < -0.39 is 18.0 Å². The van der Waals surface area contributed by atoms with Gasteiger partial charge in [-0.3, -0.25) is 9.59 Å². The number of thiophene rings is 1. The highest BCUT2D eigenvalue weighted by molar-refractivity contribution is 7.99. The van der Waals surface area contributed by atoms with E-state index in [4.69, 9.17) is 14.2 Å². The maximum atomic E-state index is 12.1. The molecule has 1 N–H and O–H groups in total. The van der Waals surface area contributed by atoms with Gasteiger partial charge in [-0.2, -0.15) is 0 Å². The Morgan fingerprint density at radius 1 is 1.32 bits per heavy atom. The van der Waals surface area contributed by atoms with Crippen LogP contribution in [-0.4, -0.2) is 30.5 Å². The second kappa shape index (κ2) is 8.26. The first-order valence-electron chi connectivity index (χ1n) is 7.62. The molecule has 1 aliphatic rings. The third-order valence-corrected chi connectivity index (χ3v) is 5.38. The van der Waals surface area contributed by atoms with Gasteiger partial charge in [0.15, 0.2) is 17.6 Å². The van der Waals surface area contributed by atoms with Crippen LogP contribution < -0.4 is 14.8 Å². The fourth-order valence-corrected chi connectivity index (χ4v) is 3.78. The lowest BCUT2D eigenvalue weighted by molar-refractivity contribution is -0.150. The summed E-state index contributed by atoms with van der Waals surface area (Å²) in [5.74, 6) is 1.38. The summed E-state index contributed by atoms with van der Waals surface area (Å²) in [7, 11) is 0. The van der Waals surface area contributed by atoms with Crippen LogP contribution in [0.15, 0.2) is 35.7 Å². The predicted octanol–water partition coefficient (Wildman–Crippen LogP) is 3.28. The van der Waals surface area contributed by atoms with Crippen molar-refractivity contribution in [2.45, 2.75) is 18.8 Å². The van der Waals surface area contributed by atoms with Crippen molar-refractivity contribution in [3.8, 4) is 11.5 Å². The van der Waals surface area contributed by atoms with E-state index in [1.54, 1.807) is 36.5 Å². The van der Waals surface area contributed by atoms with Gasteiger partial charge in [0.2, 0.25) is 6.79 Å². The quantitative estimate of drug-likeness (QED) is 0.744. The molecule has 1 amide bonds. The van der Waals surface area contributed by atoms with Crippen molar-refractivity contribution in [3.05, 3.63) is 40.6 Å². The van der Waals surface area contributed by atoms with E-state index in [2.05, 4.69) is 5.32 Å². The summed E-state index contributed by atoms with van der Waals surface area (Å²) >= 11 is 3.11. The first kappa shape index (κ1) is 17.6. The monoisotopic (exact) mass is 379 g/mol. The zero-order valence-corrected chi connectivity index (χ0v) is 15.2. The molecule has 1 aromatic carbocycles. The van der Waals surface area contributed by atoms with Crippen LogP contribution in [0.2, 0.25) is 0 Å². The van der Waals surface area contributed by atoms with Crippen molar-refractivity contribution in [2.24, 2.45) is 0 Å². The van der Waals surface area contributed by atoms with Crippen LogP contribution >= 0.6 is 23.1 Å². The molecule has 132 valence electrons. The zero-order chi connectivity index (χ0) is 17.6. The number of esters is 1. The van der Waals surface area contributed by atoms with Crippen molar-refractivity contribution in [1.82, 2.24) is 0 Å². The number of ether oxygens (including phenoxy) is 3. The van der Waals surface area contributed by atoms with Crippen molar-refractivity contribution < 1.29 is 23.8 Å². The molecule has 0 aliphatic carbocycles. The molecular formula is C17H17NO5S2. The van der Waals surface area contributed by atoms with E-state index in [1.807, 2.05) is 17.5 Å². The van der Waals surface area contributed by atoms with Crippen LogP contribution in [0.1, 0.15) is 11.8 Å². The standard InChI is InChI=1S/C17H17NO5S2/c1-11(23-16(19)9-24-8-13-3-2-6-25-13)17(20)18-12-4-5-14-15(7-12)22-10-21-14/h2-7,11H,8-10H2,1H3,(H,18,20)/t11-/m0/s1. The van der Waals surface area contributed by atoms with E-state index in [-0.39, 0.29) is 12.5 Å². The summed E-state index contributed by atoms with van der Waals surface area (Å²) in [5.41, 5.74) is 0.559. The molecule has 0 saturated heterocycles. The summed E-state index contributed by atoms with van der Waals surface area (Å²) in [4.78, 5) is 25.2. The second-order valence-corrected chi connectivity index (χ2v) is 7.28. The fraction of sp³-hybridized carbons (Fsp3) is 0.294. The number of carbonyl (C=O) groups excluding carboxylic acids is 2. The first-order chi connectivity index (χ1) is 12.1. The fourth-order valence-electron chi connectivity index (χ4n) is 2.13. The van der Waals surface area contributed by atoms with Gasteiger partial charge in [-0.1, -0.05) is 6.07 Å². The number of nitrogens with one attached hydrogen (secondary N) is 1. The van der Waals surface area contributed by atoms with Gasteiger partial charge >= 0.3 is 5.97 Å². The van der Waals surface area contributed by atoms with E-state index in [0.29, 0.717) is 17.2 Å². The smallest absolute Gasteiger partial charge is 0.316 e. The van der Waals surface area contributed by atoms with Gasteiger partial charge in [-0.15, -0.1) is 23.1 Å². The van der Waals surface area contributed by atoms with Gasteiger partial charge in [-0.05, 0) is 30.5 Å². The third-order valence-electron chi connectivity index (χ3n) is 3.36. The summed E-state index contributed by atoms with van der Waals surface area (Å²) in [6, 6.07) is 9.09. The Kier molecular flexibility index (Phi) is 5.83. The van der Waals surface area contributed by atoms with Gasteiger partial charge in [0, 0.05) is 22.4 Å². The highest BCUT2D eigenvalue weighted by atomic mass is 32.2. The van der Waals surface area contributed by atoms with Crippen molar-refractivity contribution >= 4 is 40.7 Å². The molecule has 1 aliphatic heterocycles. The number of carbonyl (C=O) groups is 2. The van der Waals surface area contributed by atoms with Gasteiger partial charge < -0.3 is 19.5 Å². The Labute approximate surface area is 153 Å². The Bertz CT molecular complexity index is 748. The normalized spacial score (nSPS) is 13.3. The molecule has 0 saturated carbocycles. The predicted molar refractivity (Wildman–Crippen MR) is 97.2 cm³/mol. The third kappa shape index (κ3) is 4.90. The van der Waals surface area contributed by atoms with E-state index >= 15 is 0 Å². The summed E-state index contributed by atoms with van der Waals surface area (Å²) in [6.45, 7) is 1.72. The van der Waals surface area contributed by atoms with Crippen LogP contribution in [0.5, 0.6) is 11.5 Å². The largest absolute Gasteiger partial charge is 0.454 e. The number of amides is 1. The molecule has 3 rings (SSSR count). The zero-order valence-electron chi connectivity index (χ0n) is 13.5. The van der Waals surface area contributed by atoms with Crippen LogP contribution in [0.4, 0.5) is 5.69 Å². The SMILES string of the molecule is C[C@H](OC(=O)CSCc1cccs1)C(=O)Nc1ccc2c(c1)OCO2. The average Bonchev–Trinajstić information content (AvgIpc) is 3.25. The molecule has 0 fully saturated rings. The van der Waals surface area contributed by atoms with Gasteiger partial charge in [0.05, 0.1) is 5.75 Å². The molecule has 0 bridgehead atoms. The number of benzene rings is 1. The Balaban J connectivity index is 1.43. The highest BCUT2D eigenvalue weighted by Crippen LogP contribution is 2.34. The minimum absolute atomic E-state index is 0.171. The lowest BCUT2D eigenvalue weighted by Gasteiger charge is -2.13. The number of rotatable bonds is 7. The maximum Gasteiger partial charge on any atom is 0.316 e. The topological polar surface area (TPSA) is 73.9 Å². The van der Waals surface area contributed by atoms with E-state index in [0.717, 1.165) is 5.75 Å². The number of thioether (sulfide) groups is 1. The number of anilines is 1.